The van der Waals surface area contributed by atoms with Crippen molar-refractivity contribution in [1.82, 2.24) is 5.32 Å². The van der Waals surface area contributed by atoms with E-state index in [1.54, 1.807) is 12.1 Å². The molecular formula is C7H7Br2NO2. The van der Waals surface area contributed by atoms with Gasteiger partial charge in [0, 0.05) is 11.9 Å². The Kier molecular flexibility index (Phi) is 3.81. The van der Waals surface area contributed by atoms with Gasteiger partial charge in [-0.3, -0.25) is 4.79 Å². The molecule has 0 unspecified atom stereocenters. The van der Waals surface area contributed by atoms with E-state index in [4.69, 9.17) is 4.42 Å². The fraction of sp³-hybridized carbons (Fsp3) is 0.286. The van der Waals surface area contributed by atoms with Crippen LogP contribution >= 0.6 is 31.9 Å². The molecule has 1 aromatic heterocycles. The van der Waals surface area contributed by atoms with Gasteiger partial charge in [-0.15, -0.1) is 0 Å². The van der Waals surface area contributed by atoms with Gasteiger partial charge in [0.05, 0.1) is 0 Å². The van der Waals surface area contributed by atoms with Crippen LogP contribution in [0.2, 0.25) is 0 Å². The van der Waals surface area contributed by atoms with Gasteiger partial charge < -0.3 is 9.73 Å². The van der Waals surface area contributed by atoms with Crippen LogP contribution in [0.1, 0.15) is 10.6 Å². The number of nitrogens with one attached hydrogen (secondary N) is 1. The molecule has 12 heavy (non-hydrogen) atoms. The van der Waals surface area contributed by atoms with Crippen LogP contribution in [0.25, 0.3) is 0 Å². The van der Waals surface area contributed by atoms with Gasteiger partial charge in [-0.1, -0.05) is 15.9 Å². The predicted molar refractivity (Wildman–Crippen MR) is 52.5 cm³/mol. The standard InChI is InChI=1S/C7H7Br2NO2/c8-3-4-10-7(11)5-1-2-6(9)12-5/h1-2H,3-4H2,(H,10,11). The first-order valence-electron chi connectivity index (χ1n) is 3.33. The minimum absolute atomic E-state index is 0.194. The number of hydrogen-bond acceptors (Lipinski definition) is 2. The van der Waals surface area contributed by atoms with Crippen molar-refractivity contribution >= 4 is 37.8 Å². The molecule has 0 aliphatic heterocycles. The van der Waals surface area contributed by atoms with Crippen molar-refractivity contribution in [1.29, 1.82) is 0 Å². The van der Waals surface area contributed by atoms with Crippen molar-refractivity contribution in [3.8, 4) is 0 Å². The number of hydrogen-bond donors (Lipinski definition) is 1. The molecule has 0 aliphatic carbocycles. The van der Waals surface area contributed by atoms with Crippen LogP contribution in [-0.2, 0) is 0 Å². The summed E-state index contributed by atoms with van der Waals surface area (Å²) in [7, 11) is 0. The fourth-order valence-electron chi connectivity index (χ4n) is 0.684. The number of alkyl halides is 1. The van der Waals surface area contributed by atoms with Crippen molar-refractivity contribution in [3.05, 3.63) is 22.6 Å². The van der Waals surface area contributed by atoms with Gasteiger partial charge in [-0.25, -0.2) is 0 Å². The SMILES string of the molecule is O=C(NCCBr)c1ccc(Br)o1. The molecule has 0 aliphatic rings. The first-order chi connectivity index (χ1) is 5.74. The number of carbonyl (C=O) groups excluding carboxylic acids is 1. The van der Waals surface area contributed by atoms with E-state index in [0.29, 0.717) is 17.0 Å². The van der Waals surface area contributed by atoms with E-state index in [1.807, 2.05) is 0 Å². The highest BCUT2D eigenvalue weighted by molar-refractivity contribution is 9.10. The Hall–Kier alpha value is -0.290. The van der Waals surface area contributed by atoms with E-state index in [1.165, 1.54) is 0 Å². The topological polar surface area (TPSA) is 42.2 Å². The lowest BCUT2D eigenvalue weighted by Gasteiger charge is -1.97. The molecule has 0 aromatic carbocycles. The highest BCUT2D eigenvalue weighted by Crippen LogP contribution is 2.13. The fourth-order valence-corrected chi connectivity index (χ4v) is 1.19. The molecular weight excluding hydrogens is 290 g/mol. The molecule has 1 N–H and O–H groups in total. The zero-order valence-corrected chi connectivity index (χ0v) is 9.31. The molecule has 1 rings (SSSR count). The second-order valence-electron chi connectivity index (χ2n) is 2.05. The summed E-state index contributed by atoms with van der Waals surface area (Å²) in [6.45, 7) is 0.594. The maximum Gasteiger partial charge on any atom is 0.287 e. The summed E-state index contributed by atoms with van der Waals surface area (Å²) in [5.74, 6) is 0.128. The van der Waals surface area contributed by atoms with Gasteiger partial charge in [-0.2, -0.15) is 0 Å². The Morgan fingerprint density at radius 2 is 2.33 bits per heavy atom. The zero-order chi connectivity index (χ0) is 8.97. The third-order valence-corrected chi connectivity index (χ3v) is 2.00. The summed E-state index contributed by atoms with van der Waals surface area (Å²) in [4.78, 5) is 11.2. The van der Waals surface area contributed by atoms with Gasteiger partial charge in [0.25, 0.3) is 5.91 Å². The average molecular weight is 297 g/mol. The second-order valence-corrected chi connectivity index (χ2v) is 3.62. The number of furan rings is 1. The van der Waals surface area contributed by atoms with Crippen LogP contribution in [0.15, 0.2) is 21.2 Å². The van der Waals surface area contributed by atoms with Crippen molar-refractivity contribution in [2.24, 2.45) is 0 Å². The average Bonchev–Trinajstić information content (AvgIpc) is 2.47. The summed E-state index contributed by atoms with van der Waals surface area (Å²) >= 11 is 6.31. The monoisotopic (exact) mass is 295 g/mol. The van der Waals surface area contributed by atoms with Gasteiger partial charge in [-0.05, 0) is 28.1 Å². The Morgan fingerprint density at radius 1 is 1.58 bits per heavy atom. The number of amides is 1. The summed E-state index contributed by atoms with van der Waals surface area (Å²) in [6.07, 6.45) is 0. The maximum absolute atomic E-state index is 11.2. The first-order valence-corrected chi connectivity index (χ1v) is 5.25. The van der Waals surface area contributed by atoms with Crippen molar-refractivity contribution in [2.45, 2.75) is 0 Å². The Morgan fingerprint density at radius 3 is 2.83 bits per heavy atom. The normalized spacial score (nSPS) is 9.83. The van der Waals surface area contributed by atoms with Gasteiger partial charge in [0.2, 0.25) is 0 Å². The highest BCUT2D eigenvalue weighted by atomic mass is 79.9. The van der Waals surface area contributed by atoms with Crippen molar-refractivity contribution in [2.75, 3.05) is 11.9 Å². The van der Waals surface area contributed by atoms with E-state index >= 15 is 0 Å². The molecule has 1 aromatic rings. The summed E-state index contributed by atoms with van der Waals surface area (Å²) in [5.41, 5.74) is 0. The van der Waals surface area contributed by atoms with Crippen LogP contribution < -0.4 is 5.32 Å². The molecule has 5 heteroatoms. The predicted octanol–water partition coefficient (Wildman–Crippen LogP) is 2.17. The Bertz CT molecular complexity index is 272. The largest absolute Gasteiger partial charge is 0.444 e. The van der Waals surface area contributed by atoms with E-state index in [-0.39, 0.29) is 5.91 Å². The molecule has 0 fully saturated rings. The molecule has 1 heterocycles. The van der Waals surface area contributed by atoms with E-state index < -0.39 is 0 Å². The summed E-state index contributed by atoms with van der Waals surface area (Å²) < 4.78 is 5.59. The molecule has 3 nitrogen and oxygen atoms in total. The van der Waals surface area contributed by atoms with Gasteiger partial charge >= 0.3 is 0 Å². The smallest absolute Gasteiger partial charge is 0.287 e. The lowest BCUT2D eigenvalue weighted by atomic mass is 10.4. The molecule has 0 radical (unpaired) electrons. The third-order valence-electron chi connectivity index (χ3n) is 1.18. The first kappa shape index (κ1) is 9.80. The number of carbonyl (C=O) groups is 1. The summed E-state index contributed by atoms with van der Waals surface area (Å²) in [5, 5.41) is 3.40. The van der Waals surface area contributed by atoms with Gasteiger partial charge in [0.15, 0.2) is 10.4 Å². The lowest BCUT2D eigenvalue weighted by Crippen LogP contribution is -2.24. The summed E-state index contributed by atoms with van der Waals surface area (Å²) in [6, 6.07) is 3.30. The Balaban J connectivity index is 2.53. The molecule has 0 saturated heterocycles. The molecule has 1 amide bonds. The second kappa shape index (κ2) is 4.67. The minimum atomic E-state index is -0.194. The highest BCUT2D eigenvalue weighted by Gasteiger charge is 2.08. The molecule has 0 bridgehead atoms. The Labute approximate surface area is 86.8 Å². The quantitative estimate of drug-likeness (QED) is 0.869. The third kappa shape index (κ3) is 2.64. The van der Waals surface area contributed by atoms with Crippen molar-refractivity contribution < 1.29 is 9.21 Å². The van der Waals surface area contributed by atoms with Crippen LogP contribution in [-0.4, -0.2) is 17.8 Å². The molecule has 0 saturated carbocycles. The molecule has 66 valence electrons. The zero-order valence-electron chi connectivity index (χ0n) is 6.14. The van der Waals surface area contributed by atoms with Crippen LogP contribution in [0.5, 0.6) is 0 Å². The maximum atomic E-state index is 11.2. The van der Waals surface area contributed by atoms with E-state index in [2.05, 4.69) is 37.2 Å². The minimum Gasteiger partial charge on any atom is -0.444 e. The lowest BCUT2D eigenvalue weighted by molar-refractivity contribution is 0.0927. The van der Waals surface area contributed by atoms with Crippen LogP contribution in [0.3, 0.4) is 0 Å². The number of rotatable bonds is 3. The molecule has 0 atom stereocenters. The van der Waals surface area contributed by atoms with Gasteiger partial charge in [0.1, 0.15) is 0 Å². The van der Waals surface area contributed by atoms with Crippen LogP contribution in [0, 0.1) is 0 Å². The van der Waals surface area contributed by atoms with E-state index in [9.17, 15) is 4.79 Å². The van der Waals surface area contributed by atoms with Crippen LogP contribution in [0.4, 0.5) is 0 Å². The molecule has 0 spiro atoms. The number of halogens is 2. The van der Waals surface area contributed by atoms with E-state index in [0.717, 1.165) is 5.33 Å². The van der Waals surface area contributed by atoms with Crippen molar-refractivity contribution in [3.63, 3.8) is 0 Å².